The molecule has 0 amide bonds. The van der Waals surface area contributed by atoms with E-state index >= 15 is 0 Å². The number of nitrogens with zero attached hydrogens (tertiary/aromatic N) is 2. The Hall–Kier alpha value is -1.12. The van der Waals surface area contributed by atoms with Crippen LogP contribution in [0.4, 0.5) is 0 Å². The van der Waals surface area contributed by atoms with Gasteiger partial charge < -0.3 is 0 Å². The third-order valence-electron chi connectivity index (χ3n) is 1.93. The van der Waals surface area contributed by atoms with Crippen molar-refractivity contribution in [1.82, 2.24) is 9.78 Å². The largest absolute Gasteiger partial charge is 0.268 e. The monoisotopic (exact) mass is 180 g/mol. The predicted molar refractivity (Wildman–Crippen MR) is 53.0 cm³/mol. The third-order valence-corrected chi connectivity index (χ3v) is 1.93. The van der Waals surface area contributed by atoms with Crippen LogP contribution in [-0.2, 0) is 0 Å². The van der Waals surface area contributed by atoms with Crippen LogP contribution in [0.15, 0.2) is 16.9 Å². The van der Waals surface area contributed by atoms with Gasteiger partial charge in [0.2, 0.25) is 0 Å². The van der Waals surface area contributed by atoms with Crippen molar-refractivity contribution in [3.63, 3.8) is 0 Å². The van der Waals surface area contributed by atoms with Crippen molar-refractivity contribution in [3.8, 4) is 0 Å². The van der Waals surface area contributed by atoms with Crippen LogP contribution in [-0.4, -0.2) is 9.78 Å². The maximum Gasteiger partial charge on any atom is 0.266 e. The molecule has 13 heavy (non-hydrogen) atoms. The van der Waals surface area contributed by atoms with Gasteiger partial charge in [0.15, 0.2) is 0 Å². The minimum Gasteiger partial charge on any atom is -0.268 e. The fraction of sp³-hybridized carbons (Fsp3) is 0.600. The number of hydrogen-bond donors (Lipinski definition) is 0. The van der Waals surface area contributed by atoms with E-state index in [0.717, 1.165) is 5.69 Å². The lowest BCUT2D eigenvalue weighted by atomic mass is 10.1. The van der Waals surface area contributed by atoms with E-state index in [9.17, 15) is 4.79 Å². The molecule has 0 aromatic carbocycles. The lowest BCUT2D eigenvalue weighted by Gasteiger charge is -2.11. The minimum absolute atomic E-state index is 0.0283. The Morgan fingerprint density at radius 2 is 1.85 bits per heavy atom. The summed E-state index contributed by atoms with van der Waals surface area (Å²) in [4.78, 5) is 11.3. The van der Waals surface area contributed by atoms with E-state index in [1.54, 1.807) is 12.1 Å². The second-order valence-corrected chi connectivity index (χ2v) is 3.79. The van der Waals surface area contributed by atoms with Gasteiger partial charge >= 0.3 is 0 Å². The zero-order chi connectivity index (χ0) is 10.0. The molecule has 0 saturated heterocycles. The van der Waals surface area contributed by atoms with E-state index in [0.29, 0.717) is 5.92 Å². The topological polar surface area (TPSA) is 34.9 Å². The first kappa shape index (κ1) is 9.96. The van der Waals surface area contributed by atoms with Gasteiger partial charge in [0.25, 0.3) is 5.56 Å². The maximum absolute atomic E-state index is 11.3. The molecular formula is C10H16N2O. The van der Waals surface area contributed by atoms with Gasteiger partial charge in [-0.1, -0.05) is 13.8 Å². The average molecular weight is 180 g/mol. The highest BCUT2D eigenvalue weighted by molar-refractivity contribution is 5.04. The second kappa shape index (κ2) is 3.73. The van der Waals surface area contributed by atoms with Crippen LogP contribution < -0.4 is 5.56 Å². The zero-order valence-electron chi connectivity index (χ0n) is 8.61. The molecule has 1 heterocycles. The van der Waals surface area contributed by atoms with Crippen molar-refractivity contribution in [2.75, 3.05) is 0 Å². The maximum atomic E-state index is 11.3. The molecular weight excluding hydrogens is 164 g/mol. The van der Waals surface area contributed by atoms with E-state index < -0.39 is 0 Å². The summed E-state index contributed by atoms with van der Waals surface area (Å²) in [6, 6.07) is 3.51. The highest BCUT2D eigenvalue weighted by Crippen LogP contribution is 2.09. The molecule has 0 spiro atoms. The molecule has 0 aliphatic rings. The smallest absolute Gasteiger partial charge is 0.266 e. The predicted octanol–water partition coefficient (Wildman–Crippen LogP) is 1.95. The van der Waals surface area contributed by atoms with Crippen LogP contribution in [0.1, 0.15) is 45.3 Å². The van der Waals surface area contributed by atoms with Gasteiger partial charge in [-0.05, 0) is 25.8 Å². The highest BCUT2D eigenvalue weighted by atomic mass is 16.1. The molecule has 0 aliphatic carbocycles. The van der Waals surface area contributed by atoms with Crippen LogP contribution in [0.3, 0.4) is 0 Å². The van der Waals surface area contributed by atoms with Gasteiger partial charge in [0.1, 0.15) is 0 Å². The molecule has 0 bridgehead atoms. The van der Waals surface area contributed by atoms with Crippen LogP contribution in [0.2, 0.25) is 0 Å². The summed E-state index contributed by atoms with van der Waals surface area (Å²) in [5, 5.41) is 4.28. The summed E-state index contributed by atoms with van der Waals surface area (Å²) in [5.41, 5.74) is 0.938. The molecule has 1 aromatic heterocycles. The van der Waals surface area contributed by atoms with Crippen LogP contribution in [0.5, 0.6) is 0 Å². The molecule has 0 aliphatic heterocycles. The van der Waals surface area contributed by atoms with E-state index in [1.165, 1.54) is 4.68 Å². The summed E-state index contributed by atoms with van der Waals surface area (Å²) >= 11 is 0. The van der Waals surface area contributed by atoms with Gasteiger partial charge in [-0.2, -0.15) is 5.10 Å². The quantitative estimate of drug-likeness (QED) is 0.697. The Morgan fingerprint density at radius 3 is 2.31 bits per heavy atom. The van der Waals surface area contributed by atoms with E-state index in [1.807, 2.05) is 13.8 Å². The van der Waals surface area contributed by atoms with Gasteiger partial charge in [0.05, 0.1) is 11.7 Å². The molecule has 1 aromatic rings. The molecule has 0 radical (unpaired) electrons. The average Bonchev–Trinajstić information content (AvgIpc) is 2.04. The van der Waals surface area contributed by atoms with Crippen molar-refractivity contribution in [2.45, 2.75) is 39.7 Å². The van der Waals surface area contributed by atoms with Crippen molar-refractivity contribution in [3.05, 3.63) is 28.2 Å². The zero-order valence-corrected chi connectivity index (χ0v) is 8.61. The molecule has 0 fully saturated rings. The Labute approximate surface area is 78.4 Å². The van der Waals surface area contributed by atoms with E-state index in [4.69, 9.17) is 0 Å². The molecule has 0 saturated carbocycles. The molecule has 3 nitrogen and oxygen atoms in total. The molecule has 0 atom stereocenters. The Bertz CT molecular complexity index is 339. The first-order valence-corrected chi connectivity index (χ1v) is 4.62. The second-order valence-electron chi connectivity index (χ2n) is 3.79. The Kier molecular flexibility index (Phi) is 2.86. The molecule has 3 heteroatoms. The normalized spacial score (nSPS) is 11.2. The van der Waals surface area contributed by atoms with Crippen molar-refractivity contribution in [1.29, 1.82) is 0 Å². The summed E-state index contributed by atoms with van der Waals surface area (Å²) in [6.07, 6.45) is 0. The van der Waals surface area contributed by atoms with Crippen molar-refractivity contribution in [2.24, 2.45) is 0 Å². The minimum atomic E-state index is -0.0283. The van der Waals surface area contributed by atoms with Crippen molar-refractivity contribution < 1.29 is 0 Å². The van der Waals surface area contributed by atoms with Gasteiger partial charge in [-0.3, -0.25) is 4.79 Å². The summed E-state index contributed by atoms with van der Waals surface area (Å²) in [7, 11) is 0. The molecule has 1 rings (SSSR count). The molecule has 0 N–H and O–H groups in total. The standard InChI is InChI=1S/C10H16N2O/c1-7(2)9-5-6-10(13)12(11-9)8(3)4/h5-8H,1-4H3. The third kappa shape index (κ3) is 2.17. The fourth-order valence-electron chi connectivity index (χ4n) is 1.12. The first-order chi connectivity index (χ1) is 6.02. The van der Waals surface area contributed by atoms with Crippen LogP contribution in [0, 0.1) is 0 Å². The summed E-state index contributed by atoms with van der Waals surface area (Å²) < 4.78 is 1.52. The Morgan fingerprint density at radius 1 is 1.23 bits per heavy atom. The van der Waals surface area contributed by atoms with Crippen LogP contribution >= 0.6 is 0 Å². The fourth-order valence-corrected chi connectivity index (χ4v) is 1.12. The first-order valence-electron chi connectivity index (χ1n) is 4.62. The highest BCUT2D eigenvalue weighted by Gasteiger charge is 2.05. The summed E-state index contributed by atoms with van der Waals surface area (Å²) in [5.74, 6) is 0.366. The molecule has 72 valence electrons. The SMILES string of the molecule is CC(C)c1ccc(=O)n(C(C)C)n1. The number of hydrogen-bond acceptors (Lipinski definition) is 2. The van der Waals surface area contributed by atoms with Gasteiger partial charge in [-0.15, -0.1) is 0 Å². The Balaban J connectivity index is 3.19. The van der Waals surface area contributed by atoms with E-state index in [2.05, 4.69) is 18.9 Å². The lowest BCUT2D eigenvalue weighted by Crippen LogP contribution is -2.24. The number of rotatable bonds is 2. The molecule has 0 unspecified atom stereocenters. The van der Waals surface area contributed by atoms with Gasteiger partial charge in [0, 0.05) is 6.07 Å². The van der Waals surface area contributed by atoms with Gasteiger partial charge in [-0.25, -0.2) is 4.68 Å². The lowest BCUT2D eigenvalue weighted by molar-refractivity contribution is 0.488. The van der Waals surface area contributed by atoms with Crippen LogP contribution in [0.25, 0.3) is 0 Å². The number of aromatic nitrogens is 2. The van der Waals surface area contributed by atoms with Crippen molar-refractivity contribution >= 4 is 0 Å². The van der Waals surface area contributed by atoms with E-state index in [-0.39, 0.29) is 11.6 Å². The summed E-state index contributed by atoms with van der Waals surface area (Å²) in [6.45, 7) is 8.05.